The van der Waals surface area contributed by atoms with E-state index in [4.69, 9.17) is 15.2 Å². The predicted octanol–water partition coefficient (Wildman–Crippen LogP) is -0.744. The van der Waals surface area contributed by atoms with Gasteiger partial charge in [-0.05, 0) is 12.1 Å². The molecular weight excluding hydrogens is 308 g/mol. The number of aliphatic hydroxyl groups is 2. The van der Waals surface area contributed by atoms with Crippen molar-refractivity contribution in [2.75, 3.05) is 19.5 Å². The number of anilines is 1. The van der Waals surface area contributed by atoms with E-state index < -0.39 is 30.6 Å². The second-order valence-electron chi connectivity index (χ2n) is 5.04. The Hall–Kier alpha value is -2.43. The molecule has 0 radical (unpaired) electrons. The summed E-state index contributed by atoms with van der Waals surface area (Å²) < 4.78 is 16.2. The van der Waals surface area contributed by atoms with Gasteiger partial charge in [-0.3, -0.25) is 0 Å². The Morgan fingerprint density at radius 2 is 2.22 bits per heavy atom. The van der Waals surface area contributed by atoms with E-state index in [9.17, 15) is 15.0 Å². The van der Waals surface area contributed by atoms with E-state index in [0.29, 0.717) is 11.2 Å². The fourth-order valence-corrected chi connectivity index (χ4v) is 2.53. The highest BCUT2D eigenvalue weighted by Crippen LogP contribution is 2.34. The number of aromatic nitrogens is 3. The number of carbonyl (C=O) groups excluding carboxylic acids is 1. The molecule has 0 saturated carbocycles. The summed E-state index contributed by atoms with van der Waals surface area (Å²) in [6.07, 6.45) is -3.80. The van der Waals surface area contributed by atoms with Crippen molar-refractivity contribution in [1.29, 1.82) is 0 Å². The molecule has 0 spiro atoms. The van der Waals surface area contributed by atoms with Crippen molar-refractivity contribution in [3.8, 4) is 0 Å². The van der Waals surface area contributed by atoms with Crippen LogP contribution in [0.5, 0.6) is 0 Å². The molecule has 2 aromatic heterocycles. The Balaban J connectivity index is 1.82. The SMILES string of the molecule is COC(=O)OC[C@H]1O[C@@H](c2ccc3c(N)ncnn23)[C@H](O)[C@@H]1O. The highest BCUT2D eigenvalue weighted by atomic mass is 16.7. The molecule has 23 heavy (non-hydrogen) atoms. The number of hydrogen-bond acceptors (Lipinski definition) is 9. The highest BCUT2D eigenvalue weighted by Gasteiger charge is 2.45. The molecule has 3 rings (SSSR count). The third kappa shape index (κ3) is 2.67. The molecule has 10 nitrogen and oxygen atoms in total. The maximum absolute atomic E-state index is 11.0. The molecule has 124 valence electrons. The largest absolute Gasteiger partial charge is 0.508 e. The lowest BCUT2D eigenvalue weighted by atomic mass is 10.1. The van der Waals surface area contributed by atoms with Crippen LogP contribution in [0.3, 0.4) is 0 Å². The number of nitrogens with zero attached hydrogens (tertiary/aromatic N) is 3. The minimum atomic E-state index is -1.23. The molecule has 0 aliphatic carbocycles. The van der Waals surface area contributed by atoms with E-state index in [-0.39, 0.29) is 12.4 Å². The summed E-state index contributed by atoms with van der Waals surface area (Å²) in [5, 5.41) is 24.3. The van der Waals surface area contributed by atoms with Gasteiger partial charge in [0.15, 0.2) is 5.82 Å². The first kappa shape index (κ1) is 15.5. The Kier molecular flexibility index (Phi) is 4.03. The Labute approximate surface area is 130 Å². The fraction of sp³-hybridized carbons (Fsp3) is 0.462. The van der Waals surface area contributed by atoms with Crippen LogP contribution in [0.4, 0.5) is 10.6 Å². The molecule has 1 saturated heterocycles. The van der Waals surface area contributed by atoms with Gasteiger partial charge in [-0.1, -0.05) is 0 Å². The lowest BCUT2D eigenvalue weighted by Crippen LogP contribution is -2.34. The molecule has 10 heteroatoms. The van der Waals surface area contributed by atoms with Gasteiger partial charge < -0.3 is 30.2 Å². The van der Waals surface area contributed by atoms with Crippen molar-refractivity contribution in [2.45, 2.75) is 24.4 Å². The maximum atomic E-state index is 11.0. The zero-order valence-corrected chi connectivity index (χ0v) is 12.2. The first-order valence-electron chi connectivity index (χ1n) is 6.83. The quantitative estimate of drug-likeness (QED) is 0.622. The fourth-order valence-electron chi connectivity index (χ4n) is 2.53. The van der Waals surface area contributed by atoms with Crippen molar-refractivity contribution in [3.63, 3.8) is 0 Å². The third-order valence-corrected chi connectivity index (χ3v) is 3.70. The Morgan fingerprint density at radius 3 is 2.96 bits per heavy atom. The van der Waals surface area contributed by atoms with Crippen molar-refractivity contribution in [3.05, 3.63) is 24.2 Å². The Bertz CT molecular complexity index is 720. The summed E-state index contributed by atoms with van der Waals surface area (Å²) in [6, 6.07) is 3.36. The van der Waals surface area contributed by atoms with Crippen molar-refractivity contribution in [1.82, 2.24) is 14.6 Å². The summed E-state index contributed by atoms with van der Waals surface area (Å²) in [5.41, 5.74) is 6.82. The molecule has 1 aliphatic rings. The standard InChI is InChI=1S/C13H16N4O6/c1-21-13(20)22-4-8-9(18)10(19)11(23-8)6-2-3-7-12(14)15-5-16-17(6)7/h2-3,5,8-11,18-19H,4H2,1H3,(H2,14,15,16)/t8-,9-,10-,11+/m1/s1. The van der Waals surface area contributed by atoms with Crippen molar-refractivity contribution < 1.29 is 29.2 Å². The number of aliphatic hydroxyl groups excluding tert-OH is 2. The monoisotopic (exact) mass is 324 g/mol. The summed E-state index contributed by atoms with van der Waals surface area (Å²) in [6.45, 7) is -0.248. The number of methoxy groups -OCH3 is 1. The molecule has 0 bridgehead atoms. The molecule has 0 unspecified atom stereocenters. The van der Waals surface area contributed by atoms with Crippen LogP contribution in [0.25, 0.3) is 5.52 Å². The normalized spacial score (nSPS) is 27.3. The zero-order valence-electron chi connectivity index (χ0n) is 12.2. The van der Waals surface area contributed by atoms with Gasteiger partial charge in [0, 0.05) is 0 Å². The first-order chi connectivity index (χ1) is 11.0. The number of ether oxygens (including phenoxy) is 3. The molecule has 4 N–H and O–H groups in total. The van der Waals surface area contributed by atoms with Gasteiger partial charge in [0.2, 0.25) is 0 Å². The van der Waals surface area contributed by atoms with Crippen LogP contribution in [0.1, 0.15) is 11.8 Å². The van der Waals surface area contributed by atoms with Gasteiger partial charge in [-0.2, -0.15) is 5.10 Å². The number of rotatable bonds is 3. The Morgan fingerprint density at radius 1 is 1.43 bits per heavy atom. The van der Waals surface area contributed by atoms with Gasteiger partial charge in [-0.15, -0.1) is 0 Å². The van der Waals surface area contributed by atoms with Gasteiger partial charge in [-0.25, -0.2) is 14.3 Å². The van der Waals surface area contributed by atoms with Crippen LogP contribution in [-0.2, 0) is 14.2 Å². The van der Waals surface area contributed by atoms with E-state index in [0.717, 1.165) is 0 Å². The van der Waals surface area contributed by atoms with Crippen LogP contribution in [0, 0.1) is 0 Å². The molecule has 0 aromatic carbocycles. The minimum Gasteiger partial charge on any atom is -0.438 e. The molecule has 3 heterocycles. The smallest absolute Gasteiger partial charge is 0.438 e. The zero-order chi connectivity index (χ0) is 16.6. The summed E-state index contributed by atoms with van der Waals surface area (Å²) >= 11 is 0. The van der Waals surface area contributed by atoms with Gasteiger partial charge in [0.1, 0.15) is 42.9 Å². The van der Waals surface area contributed by atoms with Gasteiger partial charge >= 0.3 is 6.16 Å². The van der Waals surface area contributed by atoms with Crippen molar-refractivity contribution in [2.24, 2.45) is 0 Å². The summed E-state index contributed by atoms with van der Waals surface area (Å²) in [5.74, 6) is 0.282. The van der Waals surface area contributed by atoms with E-state index in [1.54, 1.807) is 12.1 Å². The molecule has 4 atom stereocenters. The number of nitrogens with two attached hydrogens (primary N) is 1. The lowest BCUT2D eigenvalue weighted by molar-refractivity contribution is -0.0393. The molecule has 1 fully saturated rings. The molecule has 1 aliphatic heterocycles. The second kappa shape index (κ2) is 5.99. The molecular formula is C13H16N4O6. The average molecular weight is 324 g/mol. The van der Waals surface area contributed by atoms with Crippen molar-refractivity contribution >= 4 is 17.5 Å². The number of nitrogen functional groups attached to an aromatic ring is 1. The van der Waals surface area contributed by atoms with E-state index in [1.165, 1.54) is 18.0 Å². The topological polar surface area (TPSA) is 141 Å². The number of fused-ring (bicyclic) bond motifs is 1. The maximum Gasteiger partial charge on any atom is 0.508 e. The lowest BCUT2D eigenvalue weighted by Gasteiger charge is -2.14. The number of carbonyl (C=O) groups is 1. The van der Waals surface area contributed by atoms with E-state index in [1.807, 2.05) is 0 Å². The molecule has 0 amide bonds. The van der Waals surface area contributed by atoms with Crippen LogP contribution in [-0.4, -0.2) is 63.0 Å². The van der Waals surface area contributed by atoms with Gasteiger partial charge in [0.25, 0.3) is 0 Å². The summed E-state index contributed by atoms with van der Waals surface area (Å²) in [7, 11) is 1.17. The second-order valence-corrected chi connectivity index (χ2v) is 5.04. The third-order valence-electron chi connectivity index (χ3n) is 3.70. The minimum absolute atomic E-state index is 0.248. The van der Waals surface area contributed by atoms with Crippen LogP contribution < -0.4 is 5.73 Å². The predicted molar refractivity (Wildman–Crippen MR) is 75.4 cm³/mol. The first-order valence-corrected chi connectivity index (χ1v) is 6.83. The number of hydrogen-bond donors (Lipinski definition) is 3. The van der Waals surface area contributed by atoms with Crippen LogP contribution in [0.15, 0.2) is 18.5 Å². The summed E-state index contributed by atoms with van der Waals surface area (Å²) in [4.78, 5) is 14.9. The van der Waals surface area contributed by atoms with Gasteiger partial charge in [0.05, 0.1) is 12.8 Å². The molecule has 2 aromatic rings. The van der Waals surface area contributed by atoms with Crippen LogP contribution in [0.2, 0.25) is 0 Å². The average Bonchev–Trinajstić information content (AvgIpc) is 3.09. The van der Waals surface area contributed by atoms with Crippen LogP contribution >= 0.6 is 0 Å². The van der Waals surface area contributed by atoms with E-state index in [2.05, 4.69) is 14.8 Å². The highest BCUT2D eigenvalue weighted by molar-refractivity contribution is 5.65. The van der Waals surface area contributed by atoms with E-state index >= 15 is 0 Å².